The first-order valence-corrected chi connectivity index (χ1v) is 8.54. The van der Waals surface area contributed by atoms with Gasteiger partial charge in [0.25, 0.3) is 0 Å². The molecule has 0 amide bonds. The van der Waals surface area contributed by atoms with E-state index in [1.165, 1.54) is 15.3 Å². The van der Waals surface area contributed by atoms with Crippen LogP contribution in [0.25, 0.3) is 0 Å². The summed E-state index contributed by atoms with van der Waals surface area (Å²) >= 11 is 1.89. The number of aryl methyl sites for hydroxylation is 1. The van der Waals surface area contributed by atoms with Crippen molar-refractivity contribution in [1.82, 2.24) is 5.32 Å². The number of ether oxygens (including phenoxy) is 1. The molecule has 0 saturated heterocycles. The molecule has 0 aliphatic carbocycles. The van der Waals surface area contributed by atoms with Crippen LogP contribution in [0.1, 0.15) is 49.1 Å². The summed E-state index contributed by atoms with van der Waals surface area (Å²) in [5.74, 6) is 0.977. The standard InChI is InChI=1S/C18H25NOS/c1-5-14-11-12-17(21-14)18(19-6-2)15-9-7-8-10-16(15)20-13(3)4/h7-13,18-19H,5-6H2,1-4H3. The maximum Gasteiger partial charge on any atom is 0.124 e. The van der Waals surface area contributed by atoms with E-state index in [4.69, 9.17) is 4.74 Å². The van der Waals surface area contributed by atoms with Crippen molar-refractivity contribution in [1.29, 1.82) is 0 Å². The molecule has 0 aliphatic rings. The Morgan fingerprint density at radius 3 is 2.48 bits per heavy atom. The van der Waals surface area contributed by atoms with Gasteiger partial charge in [0, 0.05) is 15.3 Å². The van der Waals surface area contributed by atoms with E-state index in [1.807, 2.05) is 17.4 Å². The second-order valence-electron chi connectivity index (χ2n) is 5.35. The minimum absolute atomic E-state index is 0.183. The Bertz CT molecular complexity index is 562. The first kappa shape index (κ1) is 16.1. The van der Waals surface area contributed by atoms with Crippen LogP contribution in [0.4, 0.5) is 0 Å². The van der Waals surface area contributed by atoms with Gasteiger partial charge >= 0.3 is 0 Å². The largest absolute Gasteiger partial charge is 0.491 e. The first-order valence-electron chi connectivity index (χ1n) is 7.73. The van der Waals surface area contributed by atoms with Crippen LogP contribution in [-0.2, 0) is 6.42 Å². The van der Waals surface area contributed by atoms with E-state index in [1.54, 1.807) is 0 Å². The molecule has 114 valence electrons. The fraction of sp³-hybridized carbons (Fsp3) is 0.444. The van der Waals surface area contributed by atoms with Crippen LogP contribution in [0.2, 0.25) is 0 Å². The van der Waals surface area contributed by atoms with Crippen LogP contribution in [-0.4, -0.2) is 12.6 Å². The number of hydrogen-bond acceptors (Lipinski definition) is 3. The fourth-order valence-electron chi connectivity index (χ4n) is 2.39. The zero-order valence-corrected chi connectivity index (χ0v) is 14.2. The maximum atomic E-state index is 5.99. The molecule has 2 nitrogen and oxygen atoms in total. The van der Waals surface area contributed by atoms with Crippen molar-refractivity contribution in [2.75, 3.05) is 6.54 Å². The van der Waals surface area contributed by atoms with Crippen molar-refractivity contribution < 1.29 is 4.74 Å². The third kappa shape index (κ3) is 4.08. The monoisotopic (exact) mass is 303 g/mol. The molecule has 21 heavy (non-hydrogen) atoms. The Hall–Kier alpha value is -1.32. The number of nitrogens with one attached hydrogen (secondary N) is 1. The number of thiophene rings is 1. The van der Waals surface area contributed by atoms with E-state index in [-0.39, 0.29) is 12.1 Å². The normalized spacial score (nSPS) is 12.6. The Labute approximate surface area is 132 Å². The molecule has 1 N–H and O–H groups in total. The quantitative estimate of drug-likeness (QED) is 0.793. The highest BCUT2D eigenvalue weighted by Gasteiger charge is 2.19. The van der Waals surface area contributed by atoms with Crippen molar-refractivity contribution in [3.05, 3.63) is 51.7 Å². The molecule has 0 saturated carbocycles. The van der Waals surface area contributed by atoms with Crippen molar-refractivity contribution in [3.8, 4) is 5.75 Å². The van der Waals surface area contributed by atoms with Crippen LogP contribution in [0.15, 0.2) is 36.4 Å². The van der Waals surface area contributed by atoms with Gasteiger partial charge in [0.2, 0.25) is 0 Å². The number of para-hydroxylation sites is 1. The van der Waals surface area contributed by atoms with Gasteiger partial charge in [0.15, 0.2) is 0 Å². The van der Waals surface area contributed by atoms with Gasteiger partial charge in [0.05, 0.1) is 12.1 Å². The number of hydrogen-bond donors (Lipinski definition) is 1. The van der Waals surface area contributed by atoms with Crippen molar-refractivity contribution in [3.63, 3.8) is 0 Å². The summed E-state index contributed by atoms with van der Waals surface area (Å²) in [7, 11) is 0. The molecule has 1 aromatic heterocycles. The number of rotatable bonds is 7. The zero-order valence-electron chi connectivity index (χ0n) is 13.3. The maximum absolute atomic E-state index is 5.99. The Morgan fingerprint density at radius 1 is 1.10 bits per heavy atom. The lowest BCUT2D eigenvalue weighted by atomic mass is 10.0. The average Bonchev–Trinajstić information content (AvgIpc) is 2.94. The van der Waals surface area contributed by atoms with Gasteiger partial charge in [-0.3, -0.25) is 0 Å². The summed E-state index contributed by atoms with van der Waals surface area (Å²) < 4.78 is 5.99. The summed E-state index contributed by atoms with van der Waals surface area (Å²) in [5, 5.41) is 3.60. The molecule has 3 heteroatoms. The van der Waals surface area contributed by atoms with Gasteiger partial charge in [-0.15, -0.1) is 11.3 Å². The van der Waals surface area contributed by atoms with E-state index in [0.29, 0.717) is 0 Å². The van der Waals surface area contributed by atoms with Gasteiger partial charge in [-0.25, -0.2) is 0 Å². The predicted molar refractivity (Wildman–Crippen MR) is 91.4 cm³/mol. The molecular formula is C18H25NOS. The van der Waals surface area contributed by atoms with Crippen LogP contribution >= 0.6 is 11.3 Å². The van der Waals surface area contributed by atoms with E-state index in [9.17, 15) is 0 Å². The van der Waals surface area contributed by atoms with Crippen LogP contribution in [0, 0.1) is 0 Å². The third-order valence-corrected chi connectivity index (χ3v) is 4.61. The Balaban J connectivity index is 2.37. The third-order valence-electron chi connectivity index (χ3n) is 3.32. The molecule has 2 rings (SSSR count). The van der Waals surface area contributed by atoms with Crippen LogP contribution < -0.4 is 10.1 Å². The molecule has 0 bridgehead atoms. The van der Waals surface area contributed by atoms with Gasteiger partial charge < -0.3 is 10.1 Å². The summed E-state index contributed by atoms with van der Waals surface area (Å²) in [6.07, 6.45) is 1.27. The molecule has 0 radical (unpaired) electrons. The molecule has 2 aromatic rings. The summed E-state index contributed by atoms with van der Waals surface area (Å²) in [4.78, 5) is 2.78. The smallest absolute Gasteiger partial charge is 0.124 e. The minimum atomic E-state index is 0.183. The van der Waals surface area contributed by atoms with Gasteiger partial charge in [-0.05, 0) is 45.0 Å². The topological polar surface area (TPSA) is 21.3 Å². The van der Waals surface area contributed by atoms with Crippen molar-refractivity contribution in [2.45, 2.75) is 46.3 Å². The molecule has 0 spiro atoms. The van der Waals surface area contributed by atoms with Crippen molar-refractivity contribution >= 4 is 11.3 Å². The van der Waals surface area contributed by atoms with E-state index in [2.05, 4.69) is 63.3 Å². The Kier molecular flexibility index (Phi) is 5.83. The van der Waals surface area contributed by atoms with Crippen molar-refractivity contribution in [2.24, 2.45) is 0 Å². The highest BCUT2D eigenvalue weighted by molar-refractivity contribution is 7.12. The summed E-state index contributed by atoms with van der Waals surface area (Å²) in [6, 6.07) is 13.0. The SMILES string of the molecule is CCNC(c1ccc(CC)s1)c1ccccc1OC(C)C. The zero-order chi connectivity index (χ0) is 15.2. The van der Waals surface area contributed by atoms with Crippen LogP contribution in [0.3, 0.4) is 0 Å². The van der Waals surface area contributed by atoms with E-state index >= 15 is 0 Å². The molecule has 0 aliphatic heterocycles. The minimum Gasteiger partial charge on any atom is -0.491 e. The molecular weight excluding hydrogens is 278 g/mol. The van der Waals surface area contributed by atoms with Gasteiger partial charge in [-0.2, -0.15) is 0 Å². The lowest BCUT2D eigenvalue weighted by Crippen LogP contribution is -2.22. The summed E-state index contributed by atoms with van der Waals surface area (Å²) in [5.41, 5.74) is 1.22. The molecule has 0 fully saturated rings. The molecule has 1 atom stereocenters. The van der Waals surface area contributed by atoms with Gasteiger partial charge in [-0.1, -0.05) is 32.0 Å². The van der Waals surface area contributed by atoms with Crippen LogP contribution in [0.5, 0.6) is 5.75 Å². The second kappa shape index (κ2) is 7.62. The first-order chi connectivity index (χ1) is 10.2. The number of benzene rings is 1. The molecule has 1 aromatic carbocycles. The lowest BCUT2D eigenvalue weighted by Gasteiger charge is -2.21. The predicted octanol–water partition coefficient (Wildman–Crippen LogP) is 4.80. The molecule has 1 unspecified atom stereocenters. The Morgan fingerprint density at radius 2 is 1.86 bits per heavy atom. The highest BCUT2D eigenvalue weighted by Crippen LogP contribution is 2.34. The lowest BCUT2D eigenvalue weighted by molar-refractivity contribution is 0.238. The average molecular weight is 303 g/mol. The summed E-state index contributed by atoms with van der Waals surface area (Å²) in [6.45, 7) is 9.42. The van der Waals surface area contributed by atoms with E-state index in [0.717, 1.165) is 18.7 Å². The molecule has 1 heterocycles. The van der Waals surface area contributed by atoms with E-state index < -0.39 is 0 Å². The van der Waals surface area contributed by atoms with Gasteiger partial charge in [0.1, 0.15) is 5.75 Å². The fourth-order valence-corrected chi connectivity index (χ4v) is 3.44. The highest BCUT2D eigenvalue weighted by atomic mass is 32.1. The second-order valence-corrected chi connectivity index (χ2v) is 6.55.